The Morgan fingerprint density at radius 3 is 2.22 bits per heavy atom. The molecule has 1 N–H and O–H groups in total. The lowest BCUT2D eigenvalue weighted by Gasteiger charge is -2.14. The third-order valence-corrected chi connectivity index (χ3v) is 5.73. The molecule has 0 bridgehead atoms. The highest BCUT2D eigenvalue weighted by Gasteiger charge is 2.29. The number of hydrogen-bond acceptors (Lipinski definition) is 4. The first-order valence-electron chi connectivity index (χ1n) is 11.3. The van der Waals surface area contributed by atoms with Gasteiger partial charge in [-0.05, 0) is 35.4 Å². The Labute approximate surface area is 206 Å². The first-order chi connectivity index (χ1) is 17.3. The number of imidazole rings is 1. The molecule has 5 rings (SSSR count). The van der Waals surface area contributed by atoms with E-state index in [1.165, 1.54) is 11.1 Å². The number of methoxy groups -OCH3 is 1. The van der Waals surface area contributed by atoms with Gasteiger partial charge in [0.05, 0.1) is 25.8 Å². The lowest BCUT2D eigenvalue weighted by molar-refractivity contribution is -0.675. The van der Waals surface area contributed by atoms with E-state index in [-0.39, 0.29) is 0 Å². The van der Waals surface area contributed by atoms with Crippen LogP contribution in [0.2, 0.25) is 0 Å². The Morgan fingerprint density at radius 2 is 1.58 bits per heavy atom. The number of nitrogens with zero attached hydrogens (tertiary/aromatic N) is 2. The van der Waals surface area contributed by atoms with E-state index >= 15 is 0 Å². The number of fused-ring (bicyclic) bond motifs is 1. The van der Waals surface area contributed by atoms with Crippen molar-refractivity contribution in [2.24, 2.45) is 0 Å². The number of benzene rings is 3. The van der Waals surface area contributed by atoms with Gasteiger partial charge in [0.1, 0.15) is 29.3 Å². The predicted octanol–water partition coefficient (Wildman–Crippen LogP) is 4.22. The van der Waals surface area contributed by atoms with E-state index in [1.807, 2.05) is 18.2 Å². The molecule has 4 aromatic rings. The van der Waals surface area contributed by atoms with Crippen LogP contribution in [-0.2, 0) is 11.3 Å². The molecule has 1 aromatic heterocycles. The maximum Gasteiger partial charge on any atom is 0.430 e. The monoisotopic (exact) mass is 495 g/mol. The number of nitrogens with one attached hydrogen (secondary N) is 1. The van der Waals surface area contributed by atoms with E-state index in [0.29, 0.717) is 0 Å². The lowest BCUT2D eigenvalue weighted by atomic mass is 10.1. The SMILES string of the molecule is COc1ccccc1-c1cn(-c2ccc(-c3ccccc3)cc2)c2[n+]1CCCN2.O=C([O-])C(F)(F)F. The molecule has 0 unspecified atom stereocenters. The van der Waals surface area contributed by atoms with Crippen LogP contribution in [0.25, 0.3) is 28.1 Å². The number of aromatic nitrogens is 2. The van der Waals surface area contributed by atoms with E-state index in [4.69, 9.17) is 14.6 Å². The fourth-order valence-corrected chi connectivity index (χ4v) is 4.05. The Hall–Kier alpha value is -4.27. The van der Waals surface area contributed by atoms with Gasteiger partial charge in [-0.25, -0.2) is 9.13 Å². The van der Waals surface area contributed by atoms with Crippen molar-refractivity contribution in [2.75, 3.05) is 19.0 Å². The van der Waals surface area contributed by atoms with Crippen LogP contribution in [0.15, 0.2) is 85.1 Å². The molecule has 0 amide bonds. The molecule has 0 radical (unpaired) electrons. The van der Waals surface area contributed by atoms with Crippen molar-refractivity contribution in [2.45, 2.75) is 19.1 Å². The summed E-state index contributed by atoms with van der Waals surface area (Å²) in [5.41, 5.74) is 5.87. The molecule has 1 aliphatic heterocycles. The van der Waals surface area contributed by atoms with E-state index in [2.05, 4.69) is 81.3 Å². The largest absolute Gasteiger partial charge is 0.542 e. The third-order valence-electron chi connectivity index (χ3n) is 5.73. The number of hydrogen-bond donors (Lipinski definition) is 1. The van der Waals surface area contributed by atoms with Crippen molar-refractivity contribution < 1.29 is 32.4 Å². The Kier molecular flexibility index (Phi) is 7.28. The maximum absolute atomic E-state index is 10.5. The second kappa shape index (κ2) is 10.6. The van der Waals surface area contributed by atoms with Gasteiger partial charge in [0, 0.05) is 6.42 Å². The molecule has 6 nitrogen and oxygen atoms in total. The van der Waals surface area contributed by atoms with Crippen molar-refractivity contribution in [3.05, 3.63) is 85.1 Å². The minimum absolute atomic E-state index is 0.893. The fraction of sp³-hybridized carbons (Fsp3) is 0.185. The van der Waals surface area contributed by atoms with Crippen LogP contribution in [0.3, 0.4) is 0 Å². The number of halogens is 3. The van der Waals surface area contributed by atoms with Gasteiger partial charge in [-0.2, -0.15) is 13.2 Å². The first kappa shape index (κ1) is 24.8. The van der Waals surface area contributed by atoms with Gasteiger partial charge >= 0.3 is 12.1 Å². The highest BCUT2D eigenvalue weighted by molar-refractivity contribution is 5.70. The molecule has 0 saturated heterocycles. The molecule has 0 fully saturated rings. The quantitative estimate of drug-likeness (QED) is 0.431. The summed E-state index contributed by atoms with van der Waals surface area (Å²) in [5, 5.41) is 12.4. The van der Waals surface area contributed by atoms with Crippen LogP contribution in [0, 0.1) is 0 Å². The number of rotatable bonds is 4. The number of carbonyl (C=O) groups excluding carboxylic acids is 1. The summed E-state index contributed by atoms with van der Waals surface area (Å²) < 4.78 is 41.8. The second-order valence-corrected chi connectivity index (χ2v) is 8.04. The van der Waals surface area contributed by atoms with Gasteiger partial charge in [-0.1, -0.05) is 54.6 Å². The Balaban J connectivity index is 0.000000384. The van der Waals surface area contributed by atoms with E-state index in [9.17, 15) is 13.2 Å². The Morgan fingerprint density at radius 1 is 0.972 bits per heavy atom. The minimum Gasteiger partial charge on any atom is -0.542 e. The van der Waals surface area contributed by atoms with Crippen LogP contribution < -0.4 is 19.7 Å². The number of carboxylic acid groups (broad SMARTS) is 1. The van der Waals surface area contributed by atoms with Gasteiger partial charge in [-0.3, -0.25) is 5.32 Å². The average Bonchev–Trinajstić information content (AvgIpc) is 3.29. The molecule has 0 aliphatic carbocycles. The van der Waals surface area contributed by atoms with E-state index < -0.39 is 12.1 Å². The van der Waals surface area contributed by atoms with E-state index in [0.717, 1.165) is 48.2 Å². The maximum atomic E-state index is 10.5. The number of para-hydroxylation sites is 1. The molecule has 36 heavy (non-hydrogen) atoms. The molecule has 9 heteroatoms. The highest BCUT2D eigenvalue weighted by atomic mass is 19.4. The van der Waals surface area contributed by atoms with Gasteiger partial charge in [0.25, 0.3) is 0 Å². The molecule has 1 aliphatic rings. The highest BCUT2D eigenvalue weighted by Crippen LogP contribution is 2.31. The standard InChI is InChI=1S/C25H23N3O.C2HF3O2/c1-29-24-11-6-5-10-22(24)23-18-28(25-26-16-7-17-27(23)25)21-14-12-20(13-15-21)19-8-3-2-4-9-19;3-2(4,5)1(6)7/h2-6,8-15,18H,7,16-17H2,1H3;(H,6,7). The second-order valence-electron chi connectivity index (χ2n) is 8.04. The van der Waals surface area contributed by atoms with E-state index in [1.54, 1.807) is 7.11 Å². The van der Waals surface area contributed by atoms with Crippen molar-refractivity contribution >= 4 is 11.9 Å². The van der Waals surface area contributed by atoms with Gasteiger partial charge in [0.15, 0.2) is 0 Å². The molecule has 0 atom stereocenters. The zero-order valence-electron chi connectivity index (χ0n) is 19.5. The molecule has 186 valence electrons. The number of carboxylic acids is 1. The van der Waals surface area contributed by atoms with Gasteiger partial charge in [0.2, 0.25) is 0 Å². The van der Waals surface area contributed by atoms with Crippen LogP contribution in [0.1, 0.15) is 6.42 Å². The normalized spacial score (nSPS) is 12.6. The molecule has 2 heterocycles. The lowest BCUT2D eigenvalue weighted by Crippen LogP contribution is -2.43. The third kappa shape index (κ3) is 5.35. The minimum atomic E-state index is -5.19. The van der Waals surface area contributed by atoms with Gasteiger partial charge < -0.3 is 14.6 Å². The number of anilines is 1. The summed E-state index contributed by atoms with van der Waals surface area (Å²) in [7, 11) is 1.73. The summed E-state index contributed by atoms with van der Waals surface area (Å²) in [6.45, 7) is 1.97. The smallest absolute Gasteiger partial charge is 0.430 e. The number of ether oxygens (including phenoxy) is 1. The number of aliphatic carboxylic acids is 1. The topological polar surface area (TPSA) is 70.2 Å². The summed E-state index contributed by atoms with van der Waals surface area (Å²) >= 11 is 0. The summed E-state index contributed by atoms with van der Waals surface area (Å²) in [6.07, 6.45) is -1.88. The predicted molar refractivity (Wildman–Crippen MR) is 128 cm³/mol. The number of carbonyl (C=O) groups is 1. The van der Waals surface area contributed by atoms with Crippen molar-refractivity contribution in [3.8, 4) is 33.8 Å². The average molecular weight is 496 g/mol. The van der Waals surface area contributed by atoms with Crippen LogP contribution in [0.5, 0.6) is 5.75 Å². The van der Waals surface area contributed by atoms with Crippen molar-refractivity contribution in [3.63, 3.8) is 0 Å². The summed E-state index contributed by atoms with van der Waals surface area (Å²) in [6, 6.07) is 27.4. The molecule has 0 saturated carbocycles. The van der Waals surface area contributed by atoms with Crippen molar-refractivity contribution in [1.82, 2.24) is 4.57 Å². The summed E-state index contributed by atoms with van der Waals surface area (Å²) in [5.74, 6) is -0.998. The number of alkyl halides is 3. The van der Waals surface area contributed by atoms with Crippen molar-refractivity contribution in [1.29, 1.82) is 0 Å². The molecule has 0 spiro atoms. The zero-order chi connectivity index (χ0) is 25.7. The Bertz CT molecular complexity index is 1330. The first-order valence-corrected chi connectivity index (χ1v) is 11.3. The molecular formula is C27H24F3N3O3. The van der Waals surface area contributed by atoms with Gasteiger partial charge in [-0.15, -0.1) is 0 Å². The van der Waals surface area contributed by atoms with Crippen LogP contribution in [-0.4, -0.2) is 30.4 Å². The van der Waals surface area contributed by atoms with Crippen LogP contribution >= 0.6 is 0 Å². The fourth-order valence-electron chi connectivity index (χ4n) is 4.05. The summed E-state index contributed by atoms with van der Waals surface area (Å²) in [4.78, 5) is 8.78. The molecular weight excluding hydrogens is 471 g/mol. The molecule has 3 aromatic carbocycles. The zero-order valence-corrected chi connectivity index (χ0v) is 19.5. The van der Waals surface area contributed by atoms with Crippen LogP contribution in [0.4, 0.5) is 19.1 Å².